The van der Waals surface area contributed by atoms with Crippen molar-refractivity contribution in [1.82, 2.24) is 10.3 Å². The number of para-hydroxylation sites is 1. The van der Waals surface area contributed by atoms with Crippen LogP contribution in [0.4, 0.5) is 4.79 Å². The highest BCUT2D eigenvalue weighted by molar-refractivity contribution is 7.93. The summed E-state index contributed by atoms with van der Waals surface area (Å²) in [5.74, 6) is -0.525. The number of sulfone groups is 1. The molecule has 0 unspecified atom stereocenters. The van der Waals surface area contributed by atoms with Gasteiger partial charge >= 0.3 is 6.09 Å². The van der Waals surface area contributed by atoms with Crippen molar-refractivity contribution in [3.05, 3.63) is 24.3 Å². The summed E-state index contributed by atoms with van der Waals surface area (Å²) in [5.41, 5.74) is -0.0651. The largest absolute Gasteiger partial charge is 0.444 e. The Kier molecular flexibility index (Phi) is 5.46. The number of amides is 1. The average molecular weight is 372 g/mol. The van der Waals surface area contributed by atoms with Gasteiger partial charge in [0.25, 0.3) is 0 Å². The van der Waals surface area contributed by atoms with Crippen LogP contribution in [0.1, 0.15) is 20.8 Å². The monoisotopic (exact) mass is 372 g/mol. The van der Waals surface area contributed by atoms with Crippen molar-refractivity contribution >= 4 is 37.5 Å². The van der Waals surface area contributed by atoms with E-state index in [9.17, 15) is 18.3 Å². The first-order valence-electron chi connectivity index (χ1n) is 7.30. The second-order valence-corrected chi connectivity index (χ2v) is 9.50. The number of aliphatic hydroxyl groups is 1. The Morgan fingerprint density at radius 1 is 1.38 bits per heavy atom. The third-order valence-electron chi connectivity index (χ3n) is 2.83. The lowest BCUT2D eigenvalue weighted by Gasteiger charge is -2.20. The molecule has 1 aromatic carbocycles. The predicted octanol–water partition coefficient (Wildman–Crippen LogP) is 1.96. The lowest BCUT2D eigenvalue weighted by atomic mass is 10.2. The van der Waals surface area contributed by atoms with E-state index in [1.165, 1.54) is 0 Å². The first kappa shape index (κ1) is 18.6. The molecule has 2 aromatic rings. The van der Waals surface area contributed by atoms with Gasteiger partial charge < -0.3 is 15.2 Å². The van der Waals surface area contributed by atoms with E-state index in [1.807, 2.05) is 0 Å². The maximum Gasteiger partial charge on any atom is 0.407 e. The van der Waals surface area contributed by atoms with Crippen LogP contribution in [-0.4, -0.2) is 48.6 Å². The van der Waals surface area contributed by atoms with Crippen LogP contribution in [0.3, 0.4) is 0 Å². The van der Waals surface area contributed by atoms with Crippen LogP contribution in [0.15, 0.2) is 28.6 Å². The Balaban J connectivity index is 1.97. The van der Waals surface area contributed by atoms with Gasteiger partial charge in [-0.25, -0.2) is 18.2 Å². The Labute approximate surface area is 144 Å². The molecular weight excluding hydrogens is 352 g/mol. The summed E-state index contributed by atoms with van der Waals surface area (Å²) in [6, 6.07) is 7.09. The van der Waals surface area contributed by atoms with E-state index in [-0.39, 0.29) is 10.9 Å². The molecule has 0 saturated carbocycles. The number of benzene rings is 1. The van der Waals surface area contributed by atoms with Crippen LogP contribution in [0.25, 0.3) is 10.2 Å². The first-order chi connectivity index (χ1) is 11.1. The normalized spacial score (nSPS) is 13.7. The highest BCUT2D eigenvalue weighted by atomic mass is 32.2. The van der Waals surface area contributed by atoms with Crippen LogP contribution in [0.2, 0.25) is 0 Å². The molecule has 0 spiro atoms. The Bertz CT molecular complexity index is 791. The smallest absolute Gasteiger partial charge is 0.407 e. The summed E-state index contributed by atoms with van der Waals surface area (Å²) in [4.78, 5) is 15.6. The lowest BCUT2D eigenvalue weighted by Crippen LogP contribution is -2.39. The standard InChI is InChI=1S/C15H20N2O5S2/c1-15(2,3)22-13(19)16-8-10(18)9-24(20,21)14-17-11-6-4-5-7-12(11)23-14/h4-7,10,18H,8-9H2,1-3H3,(H,16,19)/t10-/m1/s1. The summed E-state index contributed by atoms with van der Waals surface area (Å²) in [5, 5.41) is 12.2. The molecule has 0 saturated heterocycles. The fourth-order valence-electron chi connectivity index (χ4n) is 1.88. The van der Waals surface area contributed by atoms with Crippen molar-refractivity contribution < 1.29 is 23.1 Å². The van der Waals surface area contributed by atoms with E-state index in [1.54, 1.807) is 45.0 Å². The number of ether oxygens (including phenoxy) is 1. The number of fused-ring (bicyclic) bond motifs is 1. The van der Waals surface area contributed by atoms with Crippen molar-refractivity contribution in [1.29, 1.82) is 0 Å². The van der Waals surface area contributed by atoms with Crippen LogP contribution in [0.5, 0.6) is 0 Å². The summed E-state index contributed by atoms with van der Waals surface area (Å²) in [6.45, 7) is 4.90. The fourth-order valence-corrected chi connectivity index (χ4v) is 4.57. The molecule has 1 aromatic heterocycles. The van der Waals surface area contributed by atoms with Crippen molar-refractivity contribution in [3.8, 4) is 0 Å². The van der Waals surface area contributed by atoms with Gasteiger partial charge in [0.2, 0.25) is 14.2 Å². The zero-order valence-corrected chi connectivity index (χ0v) is 15.3. The lowest BCUT2D eigenvalue weighted by molar-refractivity contribution is 0.0498. The van der Waals surface area contributed by atoms with E-state index < -0.39 is 33.4 Å². The van der Waals surface area contributed by atoms with E-state index in [2.05, 4.69) is 10.3 Å². The van der Waals surface area contributed by atoms with Crippen LogP contribution < -0.4 is 5.32 Å². The van der Waals surface area contributed by atoms with Crippen molar-refractivity contribution in [3.63, 3.8) is 0 Å². The highest BCUT2D eigenvalue weighted by Gasteiger charge is 2.24. The third-order valence-corrected chi connectivity index (χ3v) is 6.12. The number of aromatic nitrogens is 1. The SMILES string of the molecule is CC(C)(C)OC(=O)NC[C@@H](O)CS(=O)(=O)c1nc2ccccc2s1. The quantitative estimate of drug-likeness (QED) is 0.831. The number of nitrogens with one attached hydrogen (secondary N) is 1. The zero-order valence-electron chi connectivity index (χ0n) is 13.6. The highest BCUT2D eigenvalue weighted by Crippen LogP contribution is 2.26. The Morgan fingerprint density at radius 3 is 2.67 bits per heavy atom. The Morgan fingerprint density at radius 2 is 2.04 bits per heavy atom. The van der Waals surface area contributed by atoms with Gasteiger partial charge in [0.05, 0.1) is 22.1 Å². The number of hydrogen-bond donors (Lipinski definition) is 2. The maximum absolute atomic E-state index is 12.3. The van der Waals surface area contributed by atoms with Crippen LogP contribution in [0, 0.1) is 0 Å². The van der Waals surface area contributed by atoms with Crippen LogP contribution >= 0.6 is 11.3 Å². The van der Waals surface area contributed by atoms with E-state index in [4.69, 9.17) is 4.74 Å². The van der Waals surface area contributed by atoms with Gasteiger partial charge in [0.15, 0.2) is 0 Å². The predicted molar refractivity (Wildman–Crippen MR) is 91.9 cm³/mol. The molecular formula is C15H20N2O5S2. The molecule has 7 nitrogen and oxygen atoms in total. The molecule has 2 rings (SSSR count). The molecule has 9 heteroatoms. The minimum absolute atomic E-state index is 0.0416. The molecule has 0 radical (unpaired) electrons. The average Bonchev–Trinajstić information content (AvgIpc) is 2.88. The summed E-state index contributed by atoms with van der Waals surface area (Å²) in [7, 11) is -3.74. The summed E-state index contributed by atoms with van der Waals surface area (Å²) in [6.07, 6.45) is -1.96. The number of aliphatic hydroxyl groups excluding tert-OH is 1. The molecule has 1 heterocycles. The van der Waals surface area contributed by atoms with Gasteiger partial charge in [-0.1, -0.05) is 12.1 Å². The van der Waals surface area contributed by atoms with E-state index in [0.717, 1.165) is 16.0 Å². The molecule has 2 N–H and O–H groups in total. The molecule has 24 heavy (non-hydrogen) atoms. The molecule has 1 amide bonds. The van der Waals surface area contributed by atoms with E-state index in [0.29, 0.717) is 5.52 Å². The maximum atomic E-state index is 12.3. The number of alkyl carbamates (subject to hydrolysis) is 1. The van der Waals surface area contributed by atoms with Crippen LogP contribution in [-0.2, 0) is 14.6 Å². The minimum atomic E-state index is -3.74. The molecule has 0 bridgehead atoms. The fraction of sp³-hybridized carbons (Fsp3) is 0.467. The first-order valence-corrected chi connectivity index (χ1v) is 9.77. The molecule has 0 fully saturated rings. The number of nitrogens with zero attached hydrogens (tertiary/aromatic N) is 1. The van der Waals surface area contributed by atoms with Gasteiger partial charge in [0.1, 0.15) is 5.60 Å². The second kappa shape index (κ2) is 7.04. The number of carbonyl (C=O) groups excluding carboxylic acids is 1. The molecule has 0 aliphatic heterocycles. The van der Waals surface area contributed by atoms with Crippen molar-refractivity contribution in [2.45, 2.75) is 36.8 Å². The number of carbonyl (C=O) groups is 1. The second-order valence-electron chi connectivity index (χ2n) is 6.27. The van der Waals surface area contributed by atoms with Gasteiger partial charge in [-0.3, -0.25) is 0 Å². The van der Waals surface area contributed by atoms with Gasteiger partial charge in [0, 0.05) is 6.54 Å². The minimum Gasteiger partial charge on any atom is -0.444 e. The third kappa shape index (κ3) is 5.15. The van der Waals surface area contributed by atoms with Gasteiger partial charge in [-0.15, -0.1) is 11.3 Å². The number of thiazole rings is 1. The molecule has 132 valence electrons. The summed E-state index contributed by atoms with van der Waals surface area (Å²) < 4.78 is 30.4. The summed E-state index contributed by atoms with van der Waals surface area (Å²) >= 11 is 1.06. The van der Waals surface area contributed by atoms with Crippen molar-refractivity contribution in [2.24, 2.45) is 0 Å². The topological polar surface area (TPSA) is 106 Å². The number of hydrogen-bond acceptors (Lipinski definition) is 7. The Hall–Kier alpha value is -1.71. The molecule has 0 aliphatic carbocycles. The van der Waals surface area contributed by atoms with E-state index >= 15 is 0 Å². The zero-order chi connectivity index (χ0) is 18.0. The van der Waals surface area contributed by atoms with Gasteiger partial charge in [-0.2, -0.15) is 0 Å². The number of rotatable bonds is 5. The van der Waals surface area contributed by atoms with Gasteiger partial charge in [-0.05, 0) is 32.9 Å². The molecule has 0 aliphatic rings. The molecule has 1 atom stereocenters. The van der Waals surface area contributed by atoms with Crippen molar-refractivity contribution in [2.75, 3.05) is 12.3 Å².